The predicted molar refractivity (Wildman–Crippen MR) is 138 cm³/mol. The van der Waals surface area contributed by atoms with Gasteiger partial charge in [-0.1, -0.05) is 70.5 Å². The van der Waals surface area contributed by atoms with Crippen molar-refractivity contribution in [2.75, 3.05) is 21.4 Å². The molecule has 0 aliphatic heterocycles. The fraction of sp³-hybridized carbons (Fsp3) is 0.462. The topological polar surface area (TPSA) is 162 Å². The zero-order valence-electron chi connectivity index (χ0n) is 24.5. The van der Waals surface area contributed by atoms with Gasteiger partial charge in [-0.25, -0.2) is 0 Å². The first-order chi connectivity index (χ1) is 18.2. The number of rotatable bonds is 8. The molecule has 2 rings (SSSR count). The number of nitro groups is 2. The first kappa shape index (κ1) is 38.9. The quantitative estimate of drug-likeness (QED) is 0.196. The Kier molecular flexibility index (Phi) is 22.4. The number of carbonyl (C=O) groups is 2. The van der Waals surface area contributed by atoms with Crippen LogP contribution in [0.2, 0.25) is 0 Å². The number of benzene rings is 2. The van der Waals surface area contributed by atoms with E-state index >= 15 is 0 Å². The third-order valence-electron chi connectivity index (χ3n) is 4.32. The van der Waals surface area contributed by atoms with E-state index in [0.717, 1.165) is 6.42 Å². The Labute approximate surface area is 272 Å². The smallest absolute Gasteiger partial charge is 0.850 e. The minimum Gasteiger partial charge on any atom is -0.850 e. The molecule has 0 fully saturated rings. The molecule has 0 aliphatic carbocycles. The van der Waals surface area contributed by atoms with Crippen molar-refractivity contribution >= 4 is 23.3 Å². The molecule has 39 heavy (non-hydrogen) atoms. The van der Waals surface area contributed by atoms with Crippen molar-refractivity contribution in [3.8, 4) is 0 Å². The van der Waals surface area contributed by atoms with Gasteiger partial charge in [0.2, 0.25) is 0 Å². The molecule has 0 saturated carbocycles. The van der Waals surface area contributed by atoms with E-state index in [-0.39, 0.29) is 69.2 Å². The van der Waals surface area contributed by atoms with Crippen LogP contribution in [0, 0.1) is 20.2 Å². The standard InChI is InChI=1S/C12H15NO4.C9H9NO4.C4H9O.CH3F.K/c1-3-6-10(12(14)17-2)9-7-4-5-8-11(9)13(15)16;1-14-9(11)6-7-4-2-3-5-8(7)10(12)13;1-4(2,3)5;1-2;/h4-5,7-8,10H,3,6H2,1-2H3;2-5H,6H2,1H3;1-3H3;1H3;/q;;-1;;+1/i;;;1D;. The summed E-state index contributed by atoms with van der Waals surface area (Å²) in [7, 11) is 1.54. The van der Waals surface area contributed by atoms with Crippen LogP contribution in [0.15, 0.2) is 48.5 Å². The number of carbonyl (C=O) groups excluding carboxylic acids is 2. The first-order valence-electron chi connectivity index (χ1n) is 12.0. The van der Waals surface area contributed by atoms with Gasteiger partial charge < -0.3 is 14.6 Å². The predicted octanol–water partition coefficient (Wildman–Crippen LogP) is 1.70. The van der Waals surface area contributed by atoms with Gasteiger partial charge >= 0.3 is 63.3 Å². The number of alkyl halides is 1. The molecule has 13 heteroatoms. The monoisotopic (exact) mass is 579 g/mol. The van der Waals surface area contributed by atoms with Crippen LogP contribution in [0.3, 0.4) is 0 Å². The average Bonchev–Trinajstić information content (AvgIpc) is 2.86. The van der Waals surface area contributed by atoms with E-state index in [2.05, 4.69) is 4.74 Å². The van der Waals surface area contributed by atoms with Crippen LogP contribution in [0.5, 0.6) is 0 Å². The number of halogens is 1. The van der Waals surface area contributed by atoms with Gasteiger partial charge in [0.1, 0.15) is 0 Å². The Morgan fingerprint density at radius 2 is 1.41 bits per heavy atom. The third-order valence-corrected chi connectivity index (χ3v) is 4.32. The summed E-state index contributed by atoms with van der Waals surface area (Å²) in [5, 5.41) is 31.5. The Bertz CT molecular complexity index is 1050. The molecule has 0 spiro atoms. The van der Waals surface area contributed by atoms with Gasteiger partial charge in [-0.2, -0.15) is 0 Å². The van der Waals surface area contributed by atoms with E-state index in [1.165, 1.54) is 32.4 Å². The Morgan fingerprint density at radius 1 is 0.974 bits per heavy atom. The molecule has 212 valence electrons. The van der Waals surface area contributed by atoms with Crippen molar-refractivity contribution in [3.05, 3.63) is 79.9 Å². The number of ether oxygens (including phenoxy) is 2. The van der Waals surface area contributed by atoms with Crippen LogP contribution in [0.1, 0.15) is 59.0 Å². The Morgan fingerprint density at radius 3 is 1.82 bits per heavy atom. The van der Waals surface area contributed by atoms with Gasteiger partial charge in [0.05, 0.1) is 44.9 Å². The number of methoxy groups -OCH3 is 2. The second-order valence-corrected chi connectivity index (χ2v) is 8.43. The molecule has 0 bridgehead atoms. The maximum absolute atomic E-state index is 11.6. The van der Waals surface area contributed by atoms with Crippen LogP contribution >= 0.6 is 0 Å². The summed E-state index contributed by atoms with van der Waals surface area (Å²) in [6.45, 7) is 6.82. The van der Waals surface area contributed by atoms with Gasteiger partial charge in [-0.05, 0) is 6.42 Å². The zero-order valence-corrected chi connectivity index (χ0v) is 26.6. The number of nitro benzene ring substituents is 2. The molecular formula is C26H36FKN2O9. The molecule has 0 heterocycles. The molecule has 2 aromatic rings. The summed E-state index contributed by atoms with van der Waals surface area (Å²) in [4.78, 5) is 43.0. The van der Waals surface area contributed by atoms with Crippen molar-refractivity contribution in [1.82, 2.24) is 0 Å². The van der Waals surface area contributed by atoms with E-state index in [1.807, 2.05) is 6.92 Å². The molecule has 0 amide bonds. The second kappa shape index (κ2) is 22.5. The Balaban J connectivity index is -0.000000535. The number of hydrogen-bond donors (Lipinski definition) is 0. The van der Waals surface area contributed by atoms with E-state index in [1.54, 1.807) is 51.1 Å². The molecular weight excluding hydrogens is 542 g/mol. The first-order valence-corrected chi connectivity index (χ1v) is 11.3. The molecule has 11 nitrogen and oxygen atoms in total. The fourth-order valence-corrected chi connectivity index (χ4v) is 2.85. The minimum atomic E-state index is -1.00. The zero-order chi connectivity index (χ0) is 30.6. The maximum Gasteiger partial charge on any atom is 1.00 e. The van der Waals surface area contributed by atoms with Crippen LogP contribution in [0.25, 0.3) is 0 Å². The van der Waals surface area contributed by atoms with E-state index in [0.29, 0.717) is 17.5 Å². The van der Waals surface area contributed by atoms with E-state index < -0.39 is 40.5 Å². The van der Waals surface area contributed by atoms with Crippen molar-refractivity contribution in [2.24, 2.45) is 0 Å². The second-order valence-electron chi connectivity index (χ2n) is 8.43. The van der Waals surface area contributed by atoms with Crippen molar-refractivity contribution in [1.29, 1.82) is 0 Å². The maximum atomic E-state index is 11.6. The number of hydrogen-bond acceptors (Lipinski definition) is 9. The number of para-hydroxylation sites is 2. The molecule has 2 aromatic carbocycles. The van der Waals surface area contributed by atoms with E-state index in [4.69, 9.17) is 6.11 Å². The van der Waals surface area contributed by atoms with Crippen LogP contribution in [-0.4, -0.2) is 48.8 Å². The van der Waals surface area contributed by atoms with Crippen molar-refractivity contribution in [2.45, 2.75) is 58.5 Å². The summed E-state index contributed by atoms with van der Waals surface area (Å²) in [6.07, 6.45) is 1.22. The third kappa shape index (κ3) is 18.6. The van der Waals surface area contributed by atoms with Crippen LogP contribution < -0.4 is 56.5 Å². The normalized spacial score (nSPS) is 10.6. The summed E-state index contributed by atoms with van der Waals surface area (Å²) >= 11 is 0. The number of nitrogens with zero attached hydrogens (tertiary/aromatic N) is 2. The van der Waals surface area contributed by atoms with Crippen molar-refractivity contribution in [3.63, 3.8) is 0 Å². The van der Waals surface area contributed by atoms with Gasteiger partial charge in [-0.15, -0.1) is 5.60 Å². The van der Waals surface area contributed by atoms with Crippen LogP contribution in [-0.2, 0) is 25.5 Å². The van der Waals surface area contributed by atoms with E-state index in [9.17, 15) is 39.3 Å². The molecule has 0 radical (unpaired) electrons. The van der Waals surface area contributed by atoms with Gasteiger partial charge in [-0.3, -0.25) is 34.2 Å². The molecule has 0 saturated heterocycles. The average molecular weight is 580 g/mol. The molecule has 0 aliphatic rings. The van der Waals surface area contributed by atoms with Crippen molar-refractivity contribution < 1.29 is 91.2 Å². The SMILES string of the molecule is CC(C)(C)[O-].CCCC(C(=O)OC)c1ccccc1[N+](=O)[O-].COC(=O)Cc1ccccc1[N+](=O)[O-].[2H]CF.[K+]. The largest absolute Gasteiger partial charge is 1.00 e. The fourth-order valence-electron chi connectivity index (χ4n) is 2.85. The summed E-state index contributed by atoms with van der Waals surface area (Å²) in [6, 6.07) is 12.4. The summed E-state index contributed by atoms with van der Waals surface area (Å²) < 4.78 is 24.6. The van der Waals surface area contributed by atoms with Gasteiger partial charge in [0, 0.05) is 23.3 Å². The molecule has 0 N–H and O–H groups in total. The summed E-state index contributed by atoms with van der Waals surface area (Å²) in [5.41, 5.74) is -0.0511. The molecule has 1 unspecified atom stereocenters. The number of esters is 2. The molecule has 0 aromatic heterocycles. The summed E-state index contributed by atoms with van der Waals surface area (Å²) in [5.74, 6) is -1.48. The van der Waals surface area contributed by atoms with Gasteiger partial charge in [0.25, 0.3) is 11.4 Å². The minimum absolute atomic E-state index is 0. The van der Waals surface area contributed by atoms with Crippen LogP contribution in [0.4, 0.5) is 15.8 Å². The molecule has 1 atom stereocenters. The Hall–Kier alpha value is -2.29. The van der Waals surface area contributed by atoms with Gasteiger partial charge in [0.15, 0.2) is 0 Å².